The number of fused-ring (bicyclic) bond motifs is 2. The van der Waals surface area contributed by atoms with Gasteiger partial charge in [-0.2, -0.15) is 0 Å². The lowest BCUT2D eigenvalue weighted by Gasteiger charge is -2.29. The van der Waals surface area contributed by atoms with Crippen LogP contribution in [0, 0.1) is 0 Å². The Labute approximate surface area is 123 Å². The van der Waals surface area contributed by atoms with E-state index in [0.29, 0.717) is 0 Å². The molecule has 2 aliphatic rings. The van der Waals surface area contributed by atoms with Crippen molar-refractivity contribution in [3.8, 4) is 0 Å². The highest BCUT2D eigenvalue weighted by Crippen LogP contribution is 2.36. The van der Waals surface area contributed by atoms with Gasteiger partial charge in [-0.05, 0) is 35.9 Å². The summed E-state index contributed by atoms with van der Waals surface area (Å²) >= 11 is 1.85. The minimum absolute atomic E-state index is 1.08. The summed E-state index contributed by atoms with van der Waals surface area (Å²) in [6.07, 6.45) is 6.43. The van der Waals surface area contributed by atoms with E-state index in [9.17, 15) is 0 Å². The van der Waals surface area contributed by atoms with Gasteiger partial charge in [0, 0.05) is 49.2 Å². The van der Waals surface area contributed by atoms with Crippen LogP contribution in [0.3, 0.4) is 0 Å². The first-order chi connectivity index (χ1) is 9.90. The van der Waals surface area contributed by atoms with Crippen LogP contribution >= 0.6 is 11.8 Å². The highest BCUT2D eigenvalue weighted by Gasteiger charge is 2.14. The second-order valence-electron chi connectivity index (χ2n) is 5.13. The molecule has 0 amide bonds. The van der Waals surface area contributed by atoms with E-state index in [4.69, 9.17) is 0 Å². The summed E-state index contributed by atoms with van der Waals surface area (Å²) < 4.78 is 2.18. The summed E-state index contributed by atoms with van der Waals surface area (Å²) in [5.74, 6) is 0. The lowest BCUT2D eigenvalue weighted by atomic mass is 10.1. The van der Waals surface area contributed by atoms with Gasteiger partial charge in [0.2, 0.25) is 0 Å². The Bertz CT molecular complexity index is 653. The molecule has 20 heavy (non-hydrogen) atoms. The fourth-order valence-electron chi connectivity index (χ4n) is 2.73. The summed E-state index contributed by atoms with van der Waals surface area (Å²) in [6.45, 7) is 4.34. The van der Waals surface area contributed by atoms with Gasteiger partial charge < -0.3 is 14.8 Å². The molecule has 2 aromatic rings. The van der Waals surface area contributed by atoms with Crippen molar-refractivity contribution in [2.24, 2.45) is 0 Å². The average Bonchev–Trinajstić information content (AvgIpc) is 2.87. The van der Waals surface area contributed by atoms with Gasteiger partial charge in [0.15, 0.2) is 0 Å². The predicted molar refractivity (Wildman–Crippen MR) is 85.3 cm³/mol. The van der Waals surface area contributed by atoms with Crippen molar-refractivity contribution in [1.82, 2.24) is 9.88 Å². The quantitative estimate of drug-likeness (QED) is 0.741. The molecule has 1 saturated heterocycles. The standard InChI is InChI=1S/C16H17N3S/c1-2-16-19(8-1)9-5-13-3-4-14(12-15(13)20-16)18-10-6-17-7-11-18/h1-5,8-9,12,17H,6-7,10-11H2. The number of piperazine rings is 1. The number of nitrogens with one attached hydrogen (secondary N) is 1. The number of anilines is 1. The Morgan fingerprint density at radius 1 is 1.10 bits per heavy atom. The topological polar surface area (TPSA) is 20.2 Å². The number of benzene rings is 1. The third-order valence-electron chi connectivity index (χ3n) is 3.85. The zero-order chi connectivity index (χ0) is 13.4. The van der Waals surface area contributed by atoms with Crippen LogP contribution < -0.4 is 10.2 Å². The van der Waals surface area contributed by atoms with Crippen molar-refractivity contribution < 1.29 is 0 Å². The second-order valence-corrected chi connectivity index (χ2v) is 6.19. The van der Waals surface area contributed by atoms with Crippen LogP contribution in [0.25, 0.3) is 12.3 Å². The van der Waals surface area contributed by atoms with Crippen LogP contribution in [0.4, 0.5) is 5.69 Å². The lowest BCUT2D eigenvalue weighted by Crippen LogP contribution is -2.43. The van der Waals surface area contributed by atoms with Gasteiger partial charge >= 0.3 is 0 Å². The Hall–Kier alpha value is -1.65. The molecular weight excluding hydrogens is 266 g/mol. The molecule has 102 valence electrons. The number of hydrogen-bond donors (Lipinski definition) is 1. The fraction of sp³-hybridized carbons (Fsp3) is 0.250. The lowest BCUT2D eigenvalue weighted by molar-refractivity contribution is 0.589. The molecule has 1 aromatic heterocycles. The maximum atomic E-state index is 3.40. The molecule has 0 spiro atoms. The maximum Gasteiger partial charge on any atom is 0.0837 e. The van der Waals surface area contributed by atoms with E-state index >= 15 is 0 Å². The van der Waals surface area contributed by atoms with E-state index in [0.717, 1.165) is 26.2 Å². The van der Waals surface area contributed by atoms with Gasteiger partial charge in [0.1, 0.15) is 0 Å². The highest BCUT2D eigenvalue weighted by molar-refractivity contribution is 7.99. The van der Waals surface area contributed by atoms with Crippen LogP contribution in [0.2, 0.25) is 0 Å². The summed E-state index contributed by atoms with van der Waals surface area (Å²) in [7, 11) is 0. The van der Waals surface area contributed by atoms with E-state index in [1.165, 1.54) is 21.2 Å². The molecule has 3 nitrogen and oxygen atoms in total. The largest absolute Gasteiger partial charge is 0.369 e. The fourth-order valence-corrected chi connectivity index (χ4v) is 3.76. The predicted octanol–water partition coefficient (Wildman–Crippen LogP) is 2.99. The third-order valence-corrected chi connectivity index (χ3v) is 4.98. The first kappa shape index (κ1) is 12.1. The first-order valence-corrected chi connectivity index (χ1v) is 7.84. The SMILES string of the molecule is C1=Cn2cccc2Sc2cc(N3CCNCC3)ccc21. The van der Waals surface area contributed by atoms with Gasteiger partial charge in [-0.3, -0.25) is 0 Å². The molecular formula is C16H17N3S. The van der Waals surface area contributed by atoms with Crippen molar-refractivity contribution in [2.75, 3.05) is 31.1 Å². The molecule has 0 bridgehead atoms. The van der Waals surface area contributed by atoms with E-state index in [2.05, 4.69) is 63.6 Å². The molecule has 1 aromatic carbocycles. The van der Waals surface area contributed by atoms with Gasteiger partial charge in [-0.15, -0.1) is 0 Å². The van der Waals surface area contributed by atoms with Crippen LogP contribution in [-0.4, -0.2) is 30.7 Å². The molecule has 0 aliphatic carbocycles. The minimum atomic E-state index is 1.08. The van der Waals surface area contributed by atoms with Crippen molar-refractivity contribution in [3.63, 3.8) is 0 Å². The second kappa shape index (κ2) is 5.04. The van der Waals surface area contributed by atoms with Crippen LogP contribution in [0.15, 0.2) is 46.5 Å². The number of nitrogens with zero attached hydrogens (tertiary/aromatic N) is 2. The number of hydrogen-bond acceptors (Lipinski definition) is 3. The van der Waals surface area contributed by atoms with Gasteiger partial charge in [0.25, 0.3) is 0 Å². The Morgan fingerprint density at radius 2 is 2.00 bits per heavy atom. The van der Waals surface area contributed by atoms with Gasteiger partial charge in [-0.1, -0.05) is 17.8 Å². The van der Waals surface area contributed by atoms with E-state index in [1.807, 2.05) is 11.8 Å². The average molecular weight is 283 g/mol. The molecule has 0 radical (unpaired) electrons. The Balaban J connectivity index is 1.70. The summed E-state index contributed by atoms with van der Waals surface area (Å²) in [6, 6.07) is 11.1. The smallest absolute Gasteiger partial charge is 0.0837 e. The molecule has 4 rings (SSSR count). The van der Waals surface area contributed by atoms with Crippen molar-refractivity contribution in [2.45, 2.75) is 9.92 Å². The van der Waals surface area contributed by atoms with E-state index in [1.54, 1.807) is 0 Å². The van der Waals surface area contributed by atoms with Crippen molar-refractivity contribution >= 4 is 29.7 Å². The zero-order valence-corrected chi connectivity index (χ0v) is 12.1. The summed E-state index contributed by atoms with van der Waals surface area (Å²) in [4.78, 5) is 3.81. The van der Waals surface area contributed by atoms with E-state index in [-0.39, 0.29) is 0 Å². The molecule has 2 aliphatic heterocycles. The van der Waals surface area contributed by atoms with Gasteiger partial charge in [0.05, 0.1) is 5.03 Å². The van der Waals surface area contributed by atoms with Crippen molar-refractivity contribution in [3.05, 3.63) is 42.1 Å². The molecule has 3 heterocycles. The van der Waals surface area contributed by atoms with Gasteiger partial charge in [-0.25, -0.2) is 0 Å². The third kappa shape index (κ3) is 2.15. The number of aromatic nitrogens is 1. The molecule has 0 unspecified atom stereocenters. The molecule has 4 heteroatoms. The minimum Gasteiger partial charge on any atom is -0.369 e. The van der Waals surface area contributed by atoms with Crippen LogP contribution in [0.5, 0.6) is 0 Å². The maximum absolute atomic E-state index is 3.40. The van der Waals surface area contributed by atoms with Crippen molar-refractivity contribution in [1.29, 1.82) is 0 Å². The van der Waals surface area contributed by atoms with Crippen LogP contribution in [-0.2, 0) is 0 Å². The summed E-state index contributed by atoms with van der Waals surface area (Å²) in [5, 5.41) is 4.68. The monoisotopic (exact) mass is 283 g/mol. The first-order valence-electron chi connectivity index (χ1n) is 7.03. The Morgan fingerprint density at radius 3 is 2.90 bits per heavy atom. The highest BCUT2D eigenvalue weighted by atomic mass is 32.2. The normalized spacial score (nSPS) is 17.5. The molecule has 1 fully saturated rings. The Kier molecular flexibility index (Phi) is 3.05. The molecule has 0 atom stereocenters. The van der Waals surface area contributed by atoms with E-state index < -0.39 is 0 Å². The molecule has 0 saturated carbocycles. The zero-order valence-electron chi connectivity index (χ0n) is 11.2. The molecule has 1 N–H and O–H groups in total. The summed E-state index contributed by atoms with van der Waals surface area (Å²) in [5.41, 5.74) is 2.64. The number of rotatable bonds is 1. The van der Waals surface area contributed by atoms with Crippen LogP contribution in [0.1, 0.15) is 5.56 Å².